The number of likely N-dealkylation sites (N-methyl/N-ethyl adjacent to an activating group) is 1. The van der Waals surface area contributed by atoms with Crippen molar-refractivity contribution < 1.29 is 24.0 Å². The van der Waals surface area contributed by atoms with Gasteiger partial charge in [0.2, 0.25) is 0 Å². The number of hydrogen-bond donors (Lipinski definition) is 0. The number of aryl methyl sites for hydroxylation is 2. The van der Waals surface area contributed by atoms with E-state index in [1.807, 2.05) is 23.1 Å². The van der Waals surface area contributed by atoms with Gasteiger partial charge in [-0.05, 0) is 59.6 Å². The van der Waals surface area contributed by atoms with E-state index in [1.54, 1.807) is 58.7 Å². The Morgan fingerprint density at radius 2 is 1.61 bits per heavy atom. The minimum absolute atomic E-state index is 0.00446. The van der Waals surface area contributed by atoms with Gasteiger partial charge in [-0.3, -0.25) is 14.4 Å². The number of benzene rings is 1. The van der Waals surface area contributed by atoms with Crippen LogP contribution in [0.25, 0.3) is 0 Å². The number of carbonyl (C=O) groups excluding carboxylic acids is 3. The monoisotopic (exact) mass is 497 g/mol. The molecule has 2 aromatic rings. The number of piperidine rings is 1. The van der Waals surface area contributed by atoms with Crippen LogP contribution in [-0.4, -0.2) is 76.1 Å². The molecule has 3 rings (SSSR count). The highest BCUT2D eigenvalue weighted by atomic mass is 16.7. The van der Waals surface area contributed by atoms with E-state index in [9.17, 15) is 14.4 Å². The molecule has 10 nitrogen and oxygen atoms in total. The predicted octanol–water partition coefficient (Wildman–Crippen LogP) is 3.53. The van der Waals surface area contributed by atoms with E-state index >= 15 is 0 Å². The van der Waals surface area contributed by atoms with Crippen LogP contribution in [0.3, 0.4) is 0 Å². The van der Waals surface area contributed by atoms with E-state index in [2.05, 4.69) is 9.97 Å². The fourth-order valence-electron chi connectivity index (χ4n) is 4.04. The SMILES string of the molecule is Cc1ncnc(C)c1N(OCC(=O)N(C)C1CCN(C(=O)c2ccccc2)CC1)C(=O)OC(C)(C)C. The third-order valence-electron chi connectivity index (χ3n) is 5.98. The molecule has 2 heterocycles. The van der Waals surface area contributed by atoms with Crippen LogP contribution in [0.5, 0.6) is 0 Å². The van der Waals surface area contributed by atoms with E-state index < -0.39 is 11.7 Å². The molecule has 0 radical (unpaired) electrons. The van der Waals surface area contributed by atoms with Crippen LogP contribution in [-0.2, 0) is 14.4 Å². The van der Waals surface area contributed by atoms with Crippen molar-refractivity contribution in [3.05, 3.63) is 53.6 Å². The molecule has 3 amide bonds. The Morgan fingerprint density at radius 1 is 1.03 bits per heavy atom. The lowest BCUT2D eigenvalue weighted by Crippen LogP contribution is -2.49. The van der Waals surface area contributed by atoms with Crippen LogP contribution in [0, 0.1) is 13.8 Å². The highest BCUT2D eigenvalue weighted by molar-refractivity contribution is 5.94. The lowest BCUT2D eigenvalue weighted by Gasteiger charge is -2.37. The first-order chi connectivity index (χ1) is 17.0. The van der Waals surface area contributed by atoms with E-state index in [0.29, 0.717) is 48.6 Å². The summed E-state index contributed by atoms with van der Waals surface area (Å²) in [4.78, 5) is 56.1. The van der Waals surface area contributed by atoms with E-state index in [0.717, 1.165) is 5.06 Å². The Morgan fingerprint density at radius 3 is 2.17 bits per heavy atom. The maximum Gasteiger partial charge on any atom is 0.439 e. The lowest BCUT2D eigenvalue weighted by atomic mass is 10.0. The molecule has 1 aromatic carbocycles. The summed E-state index contributed by atoms with van der Waals surface area (Å²) in [6.45, 7) is 9.44. The lowest BCUT2D eigenvalue weighted by molar-refractivity contribution is -0.138. The second kappa shape index (κ2) is 11.5. The summed E-state index contributed by atoms with van der Waals surface area (Å²) in [5.74, 6) is -0.293. The molecule has 0 saturated carbocycles. The van der Waals surface area contributed by atoms with Crippen LogP contribution in [0.15, 0.2) is 36.7 Å². The zero-order chi connectivity index (χ0) is 26.5. The van der Waals surface area contributed by atoms with Gasteiger partial charge in [0.15, 0.2) is 6.61 Å². The Kier molecular flexibility index (Phi) is 8.62. The average molecular weight is 498 g/mol. The number of amides is 3. The van der Waals surface area contributed by atoms with E-state index in [1.165, 1.54) is 6.33 Å². The van der Waals surface area contributed by atoms with Gasteiger partial charge in [0.1, 0.15) is 17.6 Å². The van der Waals surface area contributed by atoms with Crippen molar-refractivity contribution in [2.45, 2.75) is 59.1 Å². The van der Waals surface area contributed by atoms with Crippen molar-refractivity contribution in [2.75, 3.05) is 31.8 Å². The minimum Gasteiger partial charge on any atom is -0.442 e. The Labute approximate surface area is 212 Å². The standard InChI is InChI=1S/C26H35N5O5/c1-18-23(19(2)28-17-27-18)31(25(34)36-26(3,4)5)35-16-22(32)29(6)21-12-14-30(15-13-21)24(33)20-10-8-7-9-11-20/h7-11,17,21H,12-16H2,1-6H3. The highest BCUT2D eigenvalue weighted by Crippen LogP contribution is 2.24. The van der Waals surface area contributed by atoms with Crippen molar-refractivity contribution in [2.24, 2.45) is 0 Å². The highest BCUT2D eigenvalue weighted by Gasteiger charge is 2.31. The molecule has 0 aliphatic carbocycles. The third kappa shape index (κ3) is 6.78. The second-order valence-electron chi connectivity index (χ2n) is 9.84. The van der Waals surface area contributed by atoms with E-state index in [-0.39, 0.29) is 24.5 Å². The summed E-state index contributed by atoms with van der Waals surface area (Å²) in [7, 11) is 1.71. The largest absolute Gasteiger partial charge is 0.442 e. The summed E-state index contributed by atoms with van der Waals surface area (Å²) >= 11 is 0. The number of hydroxylamine groups is 1. The molecule has 0 N–H and O–H groups in total. The van der Waals surface area contributed by atoms with Gasteiger partial charge in [-0.1, -0.05) is 18.2 Å². The van der Waals surface area contributed by atoms with E-state index in [4.69, 9.17) is 9.57 Å². The smallest absolute Gasteiger partial charge is 0.439 e. The topological polar surface area (TPSA) is 105 Å². The Balaban J connectivity index is 1.62. The number of hydrogen-bond acceptors (Lipinski definition) is 7. The molecule has 10 heteroatoms. The molecular formula is C26H35N5O5. The number of ether oxygens (including phenoxy) is 1. The normalized spacial score (nSPS) is 14.3. The molecule has 1 saturated heterocycles. The van der Waals surface area contributed by atoms with Crippen molar-refractivity contribution >= 4 is 23.6 Å². The zero-order valence-electron chi connectivity index (χ0n) is 21.9. The van der Waals surface area contributed by atoms with Gasteiger partial charge in [-0.15, -0.1) is 5.06 Å². The van der Waals surface area contributed by atoms with Gasteiger partial charge in [0, 0.05) is 31.7 Å². The van der Waals surface area contributed by atoms with Crippen molar-refractivity contribution in [3.63, 3.8) is 0 Å². The first kappa shape index (κ1) is 27.1. The van der Waals surface area contributed by atoms with Crippen molar-refractivity contribution in [1.29, 1.82) is 0 Å². The molecule has 1 aliphatic heterocycles. The summed E-state index contributed by atoms with van der Waals surface area (Å²) in [6.07, 6.45) is 1.95. The summed E-state index contributed by atoms with van der Waals surface area (Å²) in [5.41, 5.74) is 1.28. The first-order valence-corrected chi connectivity index (χ1v) is 12.0. The summed E-state index contributed by atoms with van der Waals surface area (Å²) < 4.78 is 5.49. The van der Waals surface area contributed by atoms with Crippen LogP contribution in [0.2, 0.25) is 0 Å². The van der Waals surface area contributed by atoms with Gasteiger partial charge in [-0.25, -0.2) is 14.8 Å². The summed E-state index contributed by atoms with van der Waals surface area (Å²) in [6, 6.07) is 9.13. The maximum absolute atomic E-state index is 13.0. The van der Waals surface area contributed by atoms with Gasteiger partial charge in [-0.2, -0.15) is 0 Å². The van der Waals surface area contributed by atoms with Gasteiger partial charge < -0.3 is 14.5 Å². The molecule has 0 bridgehead atoms. The van der Waals surface area contributed by atoms with Crippen molar-refractivity contribution in [3.8, 4) is 0 Å². The zero-order valence-corrected chi connectivity index (χ0v) is 21.9. The number of anilines is 1. The van der Waals surface area contributed by atoms with Crippen LogP contribution in [0.1, 0.15) is 55.4 Å². The second-order valence-corrected chi connectivity index (χ2v) is 9.84. The van der Waals surface area contributed by atoms with Crippen molar-refractivity contribution in [1.82, 2.24) is 19.8 Å². The number of likely N-dealkylation sites (tertiary alicyclic amines) is 1. The third-order valence-corrected chi connectivity index (χ3v) is 5.98. The predicted molar refractivity (Wildman–Crippen MR) is 134 cm³/mol. The van der Waals surface area contributed by atoms with Gasteiger partial charge in [0.25, 0.3) is 11.8 Å². The summed E-state index contributed by atoms with van der Waals surface area (Å²) in [5, 5.41) is 0.961. The Hall–Kier alpha value is -3.53. The number of carbonyl (C=O) groups is 3. The number of rotatable bonds is 6. The fraction of sp³-hybridized carbons (Fsp3) is 0.500. The molecular weight excluding hydrogens is 462 g/mol. The average Bonchev–Trinajstić information content (AvgIpc) is 2.84. The Bertz CT molecular complexity index is 1060. The fourth-order valence-corrected chi connectivity index (χ4v) is 4.04. The molecule has 0 spiro atoms. The van der Waals surface area contributed by atoms with Crippen LogP contribution in [0.4, 0.5) is 10.5 Å². The molecule has 1 aromatic heterocycles. The number of nitrogens with zero attached hydrogens (tertiary/aromatic N) is 5. The molecule has 36 heavy (non-hydrogen) atoms. The van der Waals surface area contributed by atoms with Crippen LogP contribution >= 0.6 is 0 Å². The quantitative estimate of drug-likeness (QED) is 0.562. The van der Waals surface area contributed by atoms with Crippen LogP contribution < -0.4 is 5.06 Å². The first-order valence-electron chi connectivity index (χ1n) is 12.0. The maximum atomic E-state index is 13.0. The molecule has 0 unspecified atom stereocenters. The van der Waals surface area contributed by atoms with Gasteiger partial charge in [0.05, 0.1) is 11.4 Å². The minimum atomic E-state index is -0.762. The van der Waals surface area contributed by atoms with Gasteiger partial charge >= 0.3 is 6.09 Å². The molecule has 194 valence electrons. The molecule has 0 atom stereocenters. The molecule has 1 fully saturated rings. The molecule has 1 aliphatic rings. The number of aromatic nitrogens is 2.